The fraction of sp³-hybridized carbons (Fsp3) is 0.188. The molecule has 112 valence electrons. The topological polar surface area (TPSA) is 63.0 Å². The zero-order chi connectivity index (χ0) is 15.5. The Bertz CT molecular complexity index is 738. The van der Waals surface area contributed by atoms with Gasteiger partial charge >= 0.3 is 0 Å². The largest absolute Gasteiger partial charge is 0.493 e. The predicted octanol–water partition coefficient (Wildman–Crippen LogP) is 3.96. The first-order valence-corrected chi connectivity index (χ1v) is 8.53. The summed E-state index contributed by atoms with van der Waals surface area (Å²) in [6.45, 7) is 2.49. The maximum Gasteiger partial charge on any atom is 0.186 e. The highest BCUT2D eigenvalue weighted by Crippen LogP contribution is 2.41. The second-order valence-electron chi connectivity index (χ2n) is 4.61. The number of hydrogen-bond acceptors (Lipinski definition) is 6. The van der Waals surface area contributed by atoms with Gasteiger partial charge in [-0.2, -0.15) is 0 Å². The highest BCUT2D eigenvalue weighted by Gasteiger charge is 2.38. The lowest BCUT2D eigenvalue weighted by atomic mass is 10.0. The van der Waals surface area contributed by atoms with Gasteiger partial charge in [-0.05, 0) is 19.1 Å². The van der Waals surface area contributed by atoms with Crippen LogP contribution >= 0.6 is 23.1 Å². The average Bonchev–Trinajstić information content (AvgIpc) is 3.10. The number of Topliss-reactive ketones (excluding diaryl/α,β-unsaturated/α-hetero) is 1. The van der Waals surface area contributed by atoms with Crippen molar-refractivity contribution < 1.29 is 9.53 Å². The molecule has 0 bridgehead atoms. The van der Waals surface area contributed by atoms with E-state index < -0.39 is 5.92 Å². The van der Waals surface area contributed by atoms with Crippen molar-refractivity contribution in [3.8, 4) is 5.75 Å². The van der Waals surface area contributed by atoms with E-state index in [-0.39, 0.29) is 5.78 Å². The van der Waals surface area contributed by atoms with Gasteiger partial charge in [0, 0.05) is 17.1 Å². The first-order chi connectivity index (χ1) is 10.7. The molecule has 4 nitrogen and oxygen atoms in total. The molecule has 0 spiro atoms. The van der Waals surface area contributed by atoms with Gasteiger partial charge in [0.25, 0.3) is 0 Å². The molecule has 0 amide bonds. The van der Waals surface area contributed by atoms with Gasteiger partial charge in [0.2, 0.25) is 0 Å². The first-order valence-electron chi connectivity index (χ1n) is 6.84. The van der Waals surface area contributed by atoms with E-state index in [1.54, 1.807) is 12.3 Å². The van der Waals surface area contributed by atoms with Crippen molar-refractivity contribution in [3.63, 3.8) is 0 Å². The third-order valence-corrected chi connectivity index (χ3v) is 5.03. The molecule has 1 atom stereocenters. The van der Waals surface area contributed by atoms with E-state index in [1.807, 2.05) is 36.6 Å². The monoisotopic (exact) mass is 330 g/mol. The van der Waals surface area contributed by atoms with E-state index in [2.05, 4.69) is 4.98 Å². The molecule has 1 N–H and O–H groups in total. The molecule has 1 aliphatic heterocycles. The van der Waals surface area contributed by atoms with Crippen molar-refractivity contribution in [1.29, 1.82) is 5.41 Å². The van der Waals surface area contributed by atoms with Crippen molar-refractivity contribution in [2.24, 2.45) is 0 Å². The molecule has 1 aromatic heterocycles. The number of carbonyl (C=O) groups is 1. The number of hydrogen-bond donors (Lipinski definition) is 1. The lowest BCUT2D eigenvalue weighted by molar-refractivity contribution is -0.114. The summed E-state index contributed by atoms with van der Waals surface area (Å²) in [4.78, 5) is 17.3. The van der Waals surface area contributed by atoms with Gasteiger partial charge in [-0.15, -0.1) is 11.3 Å². The third-order valence-electron chi connectivity index (χ3n) is 3.19. The van der Waals surface area contributed by atoms with Gasteiger partial charge in [-0.25, -0.2) is 4.98 Å². The van der Waals surface area contributed by atoms with E-state index in [1.165, 1.54) is 23.1 Å². The number of nitrogens with zero attached hydrogens (tertiary/aromatic N) is 1. The lowest BCUT2D eigenvalue weighted by Gasteiger charge is -2.07. The zero-order valence-corrected chi connectivity index (χ0v) is 13.5. The Kier molecular flexibility index (Phi) is 4.40. The van der Waals surface area contributed by atoms with E-state index in [0.717, 1.165) is 11.3 Å². The summed E-state index contributed by atoms with van der Waals surface area (Å²) in [6, 6.07) is 7.59. The molecule has 0 saturated carbocycles. The summed E-state index contributed by atoms with van der Waals surface area (Å²) in [6.07, 6.45) is 3.47. The maximum atomic E-state index is 12.6. The molecule has 0 aliphatic carbocycles. The Morgan fingerprint density at radius 1 is 1.41 bits per heavy atom. The maximum absolute atomic E-state index is 12.6. The Morgan fingerprint density at radius 3 is 2.95 bits per heavy atom. The lowest BCUT2D eigenvalue weighted by Crippen LogP contribution is -2.11. The number of ether oxygens (including phenoxy) is 1. The summed E-state index contributed by atoms with van der Waals surface area (Å²) in [5.74, 6) is 0.141. The van der Waals surface area contributed by atoms with Crippen LogP contribution in [0.1, 0.15) is 23.4 Å². The standard InChI is InChI=1S/C16H14N2O2S2/c1-2-20-11-6-4-3-5-10(11)9-12-14(19)13(15(17)22-12)16-18-7-8-21-16/h3-9,13,17H,2H2,1H3/b12-9-,17-15?/t13-/m1/s1. The minimum atomic E-state index is -0.546. The molecule has 2 heterocycles. The van der Waals surface area contributed by atoms with Crippen LogP contribution in [-0.2, 0) is 4.79 Å². The zero-order valence-electron chi connectivity index (χ0n) is 11.9. The van der Waals surface area contributed by atoms with Crippen LogP contribution < -0.4 is 4.74 Å². The molecule has 1 aliphatic rings. The number of ketones is 1. The minimum absolute atomic E-state index is 0.0590. The molecule has 6 heteroatoms. The molecule has 2 aromatic rings. The highest BCUT2D eigenvalue weighted by molar-refractivity contribution is 8.19. The average molecular weight is 330 g/mol. The highest BCUT2D eigenvalue weighted by atomic mass is 32.2. The van der Waals surface area contributed by atoms with Crippen molar-refractivity contribution >= 4 is 40.0 Å². The van der Waals surface area contributed by atoms with Crippen LogP contribution in [0.4, 0.5) is 0 Å². The molecule has 22 heavy (non-hydrogen) atoms. The Morgan fingerprint density at radius 2 is 2.23 bits per heavy atom. The van der Waals surface area contributed by atoms with Crippen LogP contribution in [0.5, 0.6) is 5.75 Å². The predicted molar refractivity (Wildman–Crippen MR) is 90.8 cm³/mol. The van der Waals surface area contributed by atoms with Crippen LogP contribution in [0.2, 0.25) is 0 Å². The second-order valence-corrected chi connectivity index (χ2v) is 6.62. The molecular formula is C16H14N2O2S2. The summed E-state index contributed by atoms with van der Waals surface area (Å²) in [5, 5.41) is 10.9. The first kappa shape index (κ1) is 15.0. The quantitative estimate of drug-likeness (QED) is 0.862. The number of thiazole rings is 1. The van der Waals surface area contributed by atoms with E-state index in [0.29, 0.717) is 21.6 Å². The Balaban J connectivity index is 1.93. The number of carbonyl (C=O) groups excluding carboxylic acids is 1. The second kappa shape index (κ2) is 6.46. The number of para-hydroxylation sites is 1. The van der Waals surface area contributed by atoms with Gasteiger partial charge in [-0.3, -0.25) is 10.2 Å². The molecule has 3 rings (SSSR count). The van der Waals surface area contributed by atoms with Crippen molar-refractivity contribution in [3.05, 3.63) is 51.3 Å². The molecule has 0 radical (unpaired) electrons. The van der Waals surface area contributed by atoms with Crippen LogP contribution in [0.15, 0.2) is 40.7 Å². The van der Waals surface area contributed by atoms with Gasteiger partial charge in [0.05, 0.1) is 16.6 Å². The van der Waals surface area contributed by atoms with Crippen LogP contribution in [-0.4, -0.2) is 22.4 Å². The molecule has 0 unspecified atom stereocenters. The van der Waals surface area contributed by atoms with Gasteiger partial charge in [0.1, 0.15) is 16.7 Å². The molecular weight excluding hydrogens is 316 g/mol. The summed E-state index contributed by atoms with van der Waals surface area (Å²) in [5.41, 5.74) is 0.854. The van der Waals surface area contributed by atoms with Crippen LogP contribution in [0, 0.1) is 5.41 Å². The Labute approximate surface area is 136 Å². The molecule has 1 fully saturated rings. The number of allylic oxidation sites excluding steroid dienone is 1. The summed E-state index contributed by atoms with van der Waals surface area (Å²) in [7, 11) is 0. The third kappa shape index (κ3) is 2.84. The van der Waals surface area contributed by atoms with E-state index in [9.17, 15) is 4.79 Å². The number of rotatable bonds is 4. The minimum Gasteiger partial charge on any atom is -0.493 e. The van der Waals surface area contributed by atoms with Crippen molar-refractivity contribution in [2.45, 2.75) is 12.8 Å². The molecule has 1 aromatic carbocycles. The fourth-order valence-electron chi connectivity index (χ4n) is 2.22. The van der Waals surface area contributed by atoms with E-state index >= 15 is 0 Å². The number of aromatic nitrogens is 1. The van der Waals surface area contributed by atoms with Gasteiger partial charge in [-0.1, -0.05) is 30.0 Å². The van der Waals surface area contributed by atoms with Gasteiger partial charge < -0.3 is 4.74 Å². The SMILES string of the molecule is CCOc1ccccc1/C=C1\SC(=N)[C@H](c2nccs2)C1=O. The normalized spacial score (nSPS) is 19.9. The summed E-state index contributed by atoms with van der Waals surface area (Å²) >= 11 is 2.62. The molecule has 1 saturated heterocycles. The smallest absolute Gasteiger partial charge is 0.186 e. The van der Waals surface area contributed by atoms with Gasteiger partial charge in [0.15, 0.2) is 5.78 Å². The van der Waals surface area contributed by atoms with E-state index in [4.69, 9.17) is 10.1 Å². The fourth-order valence-corrected chi connectivity index (χ4v) is 4.02. The number of nitrogens with one attached hydrogen (secondary N) is 1. The van der Waals surface area contributed by atoms with Crippen LogP contribution in [0.25, 0.3) is 6.08 Å². The summed E-state index contributed by atoms with van der Waals surface area (Å²) < 4.78 is 5.58. The Hall–Kier alpha value is -1.92. The van der Waals surface area contributed by atoms with Crippen molar-refractivity contribution in [2.75, 3.05) is 6.61 Å². The van der Waals surface area contributed by atoms with Crippen LogP contribution in [0.3, 0.4) is 0 Å². The van der Waals surface area contributed by atoms with Crippen molar-refractivity contribution in [1.82, 2.24) is 4.98 Å². The number of thioether (sulfide) groups is 1. The number of benzene rings is 1.